The molecule has 1 aromatic heterocycles. The summed E-state index contributed by atoms with van der Waals surface area (Å²) < 4.78 is 1.64. The molecule has 0 aliphatic heterocycles. The summed E-state index contributed by atoms with van der Waals surface area (Å²) in [5.74, 6) is 0. The summed E-state index contributed by atoms with van der Waals surface area (Å²) in [7, 11) is 0. The molecule has 0 radical (unpaired) electrons. The second-order valence-electron chi connectivity index (χ2n) is 4.89. The van der Waals surface area contributed by atoms with Crippen molar-refractivity contribution in [2.24, 2.45) is 0 Å². The lowest BCUT2D eigenvalue weighted by Crippen LogP contribution is -2.17. The molecule has 3 heteroatoms. The van der Waals surface area contributed by atoms with Crippen LogP contribution in [0, 0.1) is 6.92 Å². The third-order valence-corrected chi connectivity index (χ3v) is 3.46. The fourth-order valence-corrected chi connectivity index (χ4v) is 2.28. The Morgan fingerprint density at radius 2 is 1.70 bits per heavy atom. The van der Waals surface area contributed by atoms with Crippen LogP contribution < -0.4 is 5.56 Å². The molecule has 0 aliphatic carbocycles. The summed E-state index contributed by atoms with van der Waals surface area (Å²) >= 11 is 0. The third kappa shape index (κ3) is 2.43. The monoisotopic (exact) mass is 264 g/mol. The molecule has 3 rings (SSSR count). The van der Waals surface area contributed by atoms with Gasteiger partial charge >= 0.3 is 0 Å². The number of H-pyrrole nitrogens is 1. The van der Waals surface area contributed by atoms with Gasteiger partial charge in [0.1, 0.15) is 0 Å². The van der Waals surface area contributed by atoms with Crippen LogP contribution in [0.15, 0.2) is 65.5 Å². The number of nitrogens with one attached hydrogen (secondary N) is 1. The highest BCUT2D eigenvalue weighted by Crippen LogP contribution is 2.15. The summed E-state index contributed by atoms with van der Waals surface area (Å²) in [5, 5.41) is 3.18. The minimum Gasteiger partial charge on any atom is -0.295 e. The van der Waals surface area contributed by atoms with Gasteiger partial charge in [0.25, 0.3) is 5.56 Å². The first-order chi connectivity index (χ1) is 9.74. The zero-order chi connectivity index (χ0) is 13.9. The van der Waals surface area contributed by atoms with E-state index in [1.165, 1.54) is 5.56 Å². The van der Waals surface area contributed by atoms with Crippen LogP contribution in [0.3, 0.4) is 0 Å². The van der Waals surface area contributed by atoms with Crippen LogP contribution in [0.25, 0.3) is 11.3 Å². The molecule has 20 heavy (non-hydrogen) atoms. The van der Waals surface area contributed by atoms with Gasteiger partial charge in [-0.25, -0.2) is 4.68 Å². The molecular formula is C17H16N2O. The van der Waals surface area contributed by atoms with Gasteiger partial charge in [-0.15, -0.1) is 0 Å². The van der Waals surface area contributed by atoms with E-state index in [0.717, 1.165) is 16.8 Å². The van der Waals surface area contributed by atoms with Gasteiger partial charge in [-0.1, -0.05) is 54.6 Å². The zero-order valence-electron chi connectivity index (χ0n) is 11.3. The van der Waals surface area contributed by atoms with Gasteiger partial charge in [-0.2, -0.15) is 0 Å². The predicted octanol–water partition coefficient (Wildman–Crippen LogP) is 3.20. The maximum atomic E-state index is 12.1. The van der Waals surface area contributed by atoms with Crippen LogP contribution in [-0.4, -0.2) is 9.78 Å². The molecule has 2 aromatic carbocycles. The number of nitrogens with zero attached hydrogens (tertiary/aromatic N) is 1. The first kappa shape index (κ1) is 12.5. The first-order valence-corrected chi connectivity index (χ1v) is 6.64. The van der Waals surface area contributed by atoms with Gasteiger partial charge in [0.05, 0.1) is 12.2 Å². The van der Waals surface area contributed by atoms with Crippen molar-refractivity contribution >= 4 is 0 Å². The number of hydrogen-bond acceptors (Lipinski definition) is 1. The SMILES string of the molecule is Cc1ccccc1Cn1[nH]c(-c2ccccc2)cc1=O. The van der Waals surface area contributed by atoms with Gasteiger partial charge in [0.15, 0.2) is 0 Å². The van der Waals surface area contributed by atoms with E-state index in [0.29, 0.717) is 6.54 Å². The van der Waals surface area contributed by atoms with Crippen molar-refractivity contribution in [1.82, 2.24) is 9.78 Å². The van der Waals surface area contributed by atoms with Gasteiger partial charge < -0.3 is 0 Å². The topological polar surface area (TPSA) is 37.8 Å². The molecule has 100 valence electrons. The molecule has 0 amide bonds. The highest BCUT2D eigenvalue weighted by atomic mass is 16.1. The van der Waals surface area contributed by atoms with Gasteiger partial charge in [0.2, 0.25) is 0 Å². The second kappa shape index (κ2) is 5.21. The summed E-state index contributed by atoms with van der Waals surface area (Å²) in [6, 6.07) is 19.6. The van der Waals surface area contributed by atoms with Crippen LogP contribution in [0.1, 0.15) is 11.1 Å². The second-order valence-corrected chi connectivity index (χ2v) is 4.89. The Labute approximate surface area is 117 Å². The van der Waals surface area contributed by atoms with Crippen LogP contribution >= 0.6 is 0 Å². The molecule has 3 nitrogen and oxygen atoms in total. The summed E-state index contributed by atoms with van der Waals surface area (Å²) in [4.78, 5) is 12.1. The van der Waals surface area contributed by atoms with Crippen molar-refractivity contribution in [1.29, 1.82) is 0 Å². The van der Waals surface area contributed by atoms with Crippen molar-refractivity contribution in [3.63, 3.8) is 0 Å². The van der Waals surface area contributed by atoms with Crippen LogP contribution in [0.2, 0.25) is 0 Å². The van der Waals surface area contributed by atoms with Crippen molar-refractivity contribution < 1.29 is 0 Å². The molecule has 0 atom stereocenters. The summed E-state index contributed by atoms with van der Waals surface area (Å²) in [6.45, 7) is 2.62. The quantitative estimate of drug-likeness (QED) is 0.775. The Morgan fingerprint density at radius 1 is 1.00 bits per heavy atom. The number of benzene rings is 2. The molecular weight excluding hydrogens is 248 g/mol. The van der Waals surface area contributed by atoms with E-state index >= 15 is 0 Å². The van der Waals surface area contributed by atoms with Gasteiger partial charge in [-0.05, 0) is 23.6 Å². The normalized spacial score (nSPS) is 10.7. The minimum absolute atomic E-state index is 0.00731. The Hall–Kier alpha value is -2.55. The van der Waals surface area contributed by atoms with E-state index in [1.807, 2.05) is 48.5 Å². The first-order valence-electron chi connectivity index (χ1n) is 6.64. The maximum Gasteiger partial charge on any atom is 0.267 e. The lowest BCUT2D eigenvalue weighted by Gasteiger charge is -2.06. The van der Waals surface area contributed by atoms with Gasteiger partial charge in [0, 0.05) is 6.07 Å². The number of aromatic amines is 1. The highest BCUT2D eigenvalue weighted by molar-refractivity contribution is 5.58. The fourth-order valence-electron chi connectivity index (χ4n) is 2.28. The average Bonchev–Trinajstić information content (AvgIpc) is 2.84. The van der Waals surface area contributed by atoms with Gasteiger partial charge in [-0.3, -0.25) is 9.89 Å². The van der Waals surface area contributed by atoms with Crippen molar-refractivity contribution in [3.8, 4) is 11.3 Å². The lowest BCUT2D eigenvalue weighted by molar-refractivity contribution is 0.663. The van der Waals surface area contributed by atoms with E-state index in [2.05, 4.69) is 18.1 Å². The van der Waals surface area contributed by atoms with Crippen molar-refractivity contribution in [2.75, 3.05) is 0 Å². The van der Waals surface area contributed by atoms with Crippen LogP contribution in [0.5, 0.6) is 0 Å². The number of aryl methyl sites for hydroxylation is 1. The Morgan fingerprint density at radius 3 is 2.45 bits per heavy atom. The maximum absolute atomic E-state index is 12.1. The predicted molar refractivity (Wildman–Crippen MR) is 80.8 cm³/mol. The highest BCUT2D eigenvalue weighted by Gasteiger charge is 2.06. The number of rotatable bonds is 3. The van der Waals surface area contributed by atoms with E-state index < -0.39 is 0 Å². The zero-order valence-corrected chi connectivity index (χ0v) is 11.3. The number of hydrogen-bond donors (Lipinski definition) is 1. The van der Waals surface area contributed by atoms with Crippen LogP contribution in [0.4, 0.5) is 0 Å². The molecule has 0 fully saturated rings. The average molecular weight is 264 g/mol. The molecule has 0 bridgehead atoms. The third-order valence-electron chi connectivity index (χ3n) is 3.46. The number of aromatic nitrogens is 2. The Bertz CT molecular complexity index is 769. The van der Waals surface area contributed by atoms with E-state index in [9.17, 15) is 4.79 Å². The van der Waals surface area contributed by atoms with Crippen LogP contribution in [-0.2, 0) is 6.54 Å². The molecule has 0 spiro atoms. The smallest absolute Gasteiger partial charge is 0.267 e. The Kier molecular flexibility index (Phi) is 3.25. The van der Waals surface area contributed by atoms with Crippen molar-refractivity contribution in [2.45, 2.75) is 13.5 Å². The molecule has 1 heterocycles. The molecule has 0 aliphatic rings. The van der Waals surface area contributed by atoms with E-state index in [1.54, 1.807) is 10.7 Å². The standard InChI is InChI=1S/C17H16N2O/c1-13-7-5-6-10-15(13)12-19-17(20)11-16(18-19)14-8-3-2-4-9-14/h2-11,18H,12H2,1H3. The molecule has 0 saturated heterocycles. The largest absolute Gasteiger partial charge is 0.295 e. The van der Waals surface area contributed by atoms with E-state index in [4.69, 9.17) is 0 Å². The minimum atomic E-state index is -0.00731. The van der Waals surface area contributed by atoms with Crippen molar-refractivity contribution in [3.05, 3.63) is 82.1 Å². The Balaban J connectivity index is 1.95. The molecule has 0 saturated carbocycles. The lowest BCUT2D eigenvalue weighted by atomic mass is 10.1. The summed E-state index contributed by atoms with van der Waals surface area (Å²) in [5.41, 5.74) is 4.20. The molecule has 1 N–H and O–H groups in total. The van der Waals surface area contributed by atoms with E-state index in [-0.39, 0.29) is 5.56 Å². The molecule has 3 aromatic rings. The molecule has 0 unspecified atom stereocenters. The fraction of sp³-hybridized carbons (Fsp3) is 0.118. The summed E-state index contributed by atoms with van der Waals surface area (Å²) in [6.07, 6.45) is 0.